The highest BCUT2D eigenvalue weighted by molar-refractivity contribution is 6.00. The van der Waals surface area contributed by atoms with Gasteiger partial charge in [-0.15, -0.1) is 0 Å². The van der Waals surface area contributed by atoms with Crippen molar-refractivity contribution in [2.45, 2.75) is 26.3 Å². The molecule has 0 spiro atoms. The molecule has 1 heterocycles. The van der Waals surface area contributed by atoms with E-state index >= 15 is 0 Å². The van der Waals surface area contributed by atoms with Crippen molar-refractivity contribution in [1.29, 1.82) is 0 Å². The van der Waals surface area contributed by atoms with E-state index < -0.39 is 0 Å². The molecule has 142 valence electrons. The predicted molar refractivity (Wildman–Crippen MR) is 103 cm³/mol. The van der Waals surface area contributed by atoms with E-state index in [-0.39, 0.29) is 11.8 Å². The van der Waals surface area contributed by atoms with Gasteiger partial charge in [0.25, 0.3) is 5.91 Å². The van der Waals surface area contributed by atoms with Crippen molar-refractivity contribution in [3.63, 3.8) is 0 Å². The Bertz CT molecular complexity index is 817. The van der Waals surface area contributed by atoms with Gasteiger partial charge in [0.2, 0.25) is 5.91 Å². The summed E-state index contributed by atoms with van der Waals surface area (Å²) < 4.78 is 11.0. The molecule has 6 heteroatoms. The number of hydrogen-bond donors (Lipinski definition) is 1. The second-order valence-electron chi connectivity index (χ2n) is 6.44. The number of rotatable bonds is 8. The highest BCUT2D eigenvalue weighted by Crippen LogP contribution is 2.24. The summed E-state index contributed by atoms with van der Waals surface area (Å²) in [5.74, 6) is 1.46. The Morgan fingerprint density at radius 3 is 2.52 bits per heavy atom. The van der Waals surface area contributed by atoms with Crippen molar-refractivity contribution in [2.75, 3.05) is 25.6 Å². The number of carbonyl (C=O) groups is 2. The first-order chi connectivity index (χ1) is 13.1. The molecule has 6 nitrogen and oxygen atoms in total. The molecule has 0 saturated heterocycles. The van der Waals surface area contributed by atoms with Gasteiger partial charge in [0, 0.05) is 31.3 Å². The number of nitrogens with one attached hydrogen (secondary N) is 1. The van der Waals surface area contributed by atoms with Crippen LogP contribution in [0.5, 0.6) is 11.5 Å². The fraction of sp³-hybridized carbons (Fsp3) is 0.333. The van der Waals surface area contributed by atoms with E-state index in [2.05, 4.69) is 5.32 Å². The van der Waals surface area contributed by atoms with Gasteiger partial charge in [-0.1, -0.05) is 6.07 Å². The minimum absolute atomic E-state index is 0.00939. The third kappa shape index (κ3) is 4.78. The Kier molecular flexibility index (Phi) is 5.96. The van der Waals surface area contributed by atoms with Gasteiger partial charge < -0.3 is 19.7 Å². The van der Waals surface area contributed by atoms with Gasteiger partial charge in [-0.25, -0.2) is 0 Å². The van der Waals surface area contributed by atoms with Crippen LogP contribution in [0.2, 0.25) is 0 Å². The molecule has 0 fully saturated rings. The maximum absolute atomic E-state index is 12.1. The molecule has 3 rings (SSSR count). The normalized spacial score (nSPS) is 12.7. The van der Waals surface area contributed by atoms with Crippen molar-refractivity contribution >= 4 is 17.5 Å². The standard InChI is InChI=1S/C21H24N2O4/c1-3-26-17-8-10-18(11-9-17)27-12-4-5-20(24)22-16-7-6-15-14-23(2)21(25)19(15)13-16/h6-11,13H,3-5,12,14H2,1-2H3,(H,22,24). The van der Waals surface area contributed by atoms with E-state index in [0.29, 0.717) is 43.9 Å². The lowest BCUT2D eigenvalue weighted by Gasteiger charge is -2.09. The zero-order valence-corrected chi connectivity index (χ0v) is 15.7. The van der Waals surface area contributed by atoms with E-state index in [1.54, 1.807) is 18.0 Å². The zero-order chi connectivity index (χ0) is 19.2. The van der Waals surface area contributed by atoms with Gasteiger partial charge in [0.15, 0.2) is 0 Å². The SMILES string of the molecule is CCOc1ccc(OCCCC(=O)Nc2ccc3c(c2)C(=O)N(C)C3)cc1. The van der Waals surface area contributed by atoms with Crippen LogP contribution in [-0.4, -0.2) is 37.0 Å². The lowest BCUT2D eigenvalue weighted by atomic mass is 10.1. The van der Waals surface area contributed by atoms with Crippen LogP contribution in [0, 0.1) is 0 Å². The number of fused-ring (bicyclic) bond motifs is 1. The fourth-order valence-electron chi connectivity index (χ4n) is 2.97. The molecule has 1 aliphatic heterocycles. The van der Waals surface area contributed by atoms with Gasteiger partial charge >= 0.3 is 0 Å². The van der Waals surface area contributed by atoms with E-state index in [0.717, 1.165) is 17.1 Å². The summed E-state index contributed by atoms with van der Waals surface area (Å²) in [5.41, 5.74) is 2.30. The Morgan fingerprint density at radius 2 is 1.81 bits per heavy atom. The topological polar surface area (TPSA) is 67.9 Å². The van der Waals surface area contributed by atoms with Gasteiger partial charge in [0.05, 0.1) is 13.2 Å². The lowest BCUT2D eigenvalue weighted by Crippen LogP contribution is -2.17. The first kappa shape index (κ1) is 18.8. The van der Waals surface area contributed by atoms with Gasteiger partial charge in [-0.3, -0.25) is 9.59 Å². The maximum Gasteiger partial charge on any atom is 0.254 e. The summed E-state index contributed by atoms with van der Waals surface area (Å²) in [6.07, 6.45) is 0.952. The molecule has 0 atom stereocenters. The molecule has 27 heavy (non-hydrogen) atoms. The Balaban J connectivity index is 1.42. The lowest BCUT2D eigenvalue weighted by molar-refractivity contribution is -0.116. The van der Waals surface area contributed by atoms with Crippen molar-refractivity contribution in [1.82, 2.24) is 4.90 Å². The van der Waals surface area contributed by atoms with Crippen molar-refractivity contribution in [3.8, 4) is 11.5 Å². The smallest absolute Gasteiger partial charge is 0.254 e. The summed E-state index contributed by atoms with van der Waals surface area (Å²) in [4.78, 5) is 25.8. The van der Waals surface area contributed by atoms with Gasteiger partial charge in [-0.2, -0.15) is 0 Å². The zero-order valence-electron chi connectivity index (χ0n) is 15.7. The molecule has 0 saturated carbocycles. The highest BCUT2D eigenvalue weighted by atomic mass is 16.5. The number of carbonyl (C=O) groups excluding carboxylic acids is 2. The Morgan fingerprint density at radius 1 is 1.11 bits per heavy atom. The average Bonchev–Trinajstić information content (AvgIpc) is 2.94. The molecule has 1 N–H and O–H groups in total. The number of ether oxygens (including phenoxy) is 2. The summed E-state index contributed by atoms with van der Waals surface area (Å²) >= 11 is 0. The van der Waals surface area contributed by atoms with Crippen LogP contribution in [0.4, 0.5) is 5.69 Å². The number of anilines is 1. The predicted octanol–water partition coefficient (Wildman–Crippen LogP) is 3.47. The minimum Gasteiger partial charge on any atom is -0.494 e. The van der Waals surface area contributed by atoms with Crippen LogP contribution in [0.25, 0.3) is 0 Å². The van der Waals surface area contributed by atoms with Crippen LogP contribution in [0.15, 0.2) is 42.5 Å². The summed E-state index contributed by atoms with van der Waals surface area (Å²) in [7, 11) is 1.77. The first-order valence-electron chi connectivity index (χ1n) is 9.10. The molecule has 2 amide bonds. The third-order valence-corrected chi connectivity index (χ3v) is 4.33. The molecule has 1 aliphatic rings. The molecule has 2 aromatic rings. The highest BCUT2D eigenvalue weighted by Gasteiger charge is 2.24. The molecule has 0 aliphatic carbocycles. The molecule has 0 bridgehead atoms. The average molecular weight is 368 g/mol. The van der Waals surface area contributed by atoms with E-state index in [4.69, 9.17) is 9.47 Å². The summed E-state index contributed by atoms with van der Waals surface area (Å²) in [5, 5.41) is 2.85. The van der Waals surface area contributed by atoms with Gasteiger partial charge in [0.1, 0.15) is 11.5 Å². The van der Waals surface area contributed by atoms with Gasteiger partial charge in [-0.05, 0) is 55.3 Å². The summed E-state index contributed by atoms with van der Waals surface area (Å²) in [6, 6.07) is 12.9. The molecule has 0 aromatic heterocycles. The number of benzene rings is 2. The molecular weight excluding hydrogens is 344 g/mol. The first-order valence-corrected chi connectivity index (χ1v) is 9.10. The second-order valence-corrected chi connectivity index (χ2v) is 6.44. The van der Waals surface area contributed by atoms with Crippen molar-refractivity contribution < 1.29 is 19.1 Å². The maximum atomic E-state index is 12.1. The Labute approximate surface area is 159 Å². The second kappa shape index (κ2) is 8.58. The summed E-state index contributed by atoms with van der Waals surface area (Å²) in [6.45, 7) is 3.64. The van der Waals surface area contributed by atoms with Crippen LogP contribution in [0.1, 0.15) is 35.7 Å². The number of hydrogen-bond acceptors (Lipinski definition) is 4. The largest absolute Gasteiger partial charge is 0.494 e. The van der Waals surface area contributed by atoms with Crippen molar-refractivity contribution in [3.05, 3.63) is 53.6 Å². The number of nitrogens with zero attached hydrogens (tertiary/aromatic N) is 1. The molecule has 0 radical (unpaired) electrons. The van der Waals surface area contributed by atoms with Crippen LogP contribution in [-0.2, 0) is 11.3 Å². The monoisotopic (exact) mass is 368 g/mol. The van der Waals surface area contributed by atoms with E-state index in [9.17, 15) is 9.59 Å². The van der Waals surface area contributed by atoms with Crippen LogP contribution in [0.3, 0.4) is 0 Å². The fourth-order valence-corrected chi connectivity index (χ4v) is 2.97. The molecule has 2 aromatic carbocycles. The van der Waals surface area contributed by atoms with E-state index in [1.165, 1.54) is 0 Å². The third-order valence-electron chi connectivity index (χ3n) is 4.33. The van der Waals surface area contributed by atoms with E-state index in [1.807, 2.05) is 43.3 Å². The molecular formula is C21H24N2O4. The van der Waals surface area contributed by atoms with Crippen LogP contribution < -0.4 is 14.8 Å². The number of amides is 2. The minimum atomic E-state index is -0.0935. The van der Waals surface area contributed by atoms with Crippen molar-refractivity contribution in [2.24, 2.45) is 0 Å². The van der Waals surface area contributed by atoms with Crippen LogP contribution >= 0.6 is 0 Å². The quantitative estimate of drug-likeness (QED) is 0.725. The molecule has 0 unspecified atom stereocenters. The Hall–Kier alpha value is -3.02.